The predicted molar refractivity (Wildman–Crippen MR) is 133 cm³/mol. The molecule has 2 amide bonds. The minimum Gasteiger partial charge on any atom is -0.437 e. The maximum atomic E-state index is 12.6. The topological polar surface area (TPSA) is 54.0 Å². The van der Waals surface area contributed by atoms with Gasteiger partial charge in [-0.05, 0) is 77.7 Å². The van der Waals surface area contributed by atoms with Crippen molar-refractivity contribution >= 4 is 31.2 Å². The van der Waals surface area contributed by atoms with Crippen LogP contribution in [0.3, 0.4) is 0 Å². The highest BCUT2D eigenvalue weighted by Gasteiger charge is 2.40. The van der Waals surface area contributed by atoms with Gasteiger partial charge in [-0.3, -0.25) is 4.90 Å². The normalized spacial score (nSPS) is 20.4. The Hall–Kier alpha value is -0.199. The van der Waals surface area contributed by atoms with Crippen molar-refractivity contribution in [2.45, 2.75) is 96.4 Å². The van der Waals surface area contributed by atoms with Crippen LogP contribution in [-0.2, 0) is 8.23 Å². The summed E-state index contributed by atoms with van der Waals surface area (Å²) in [6, 6.07) is 1.60. The van der Waals surface area contributed by atoms with E-state index in [0.29, 0.717) is 6.04 Å². The smallest absolute Gasteiger partial charge is 0.317 e. The van der Waals surface area contributed by atoms with E-state index in [-0.39, 0.29) is 6.03 Å². The largest absolute Gasteiger partial charge is 0.437 e. The molecular weight excluding hydrogens is 427 g/mol. The van der Waals surface area contributed by atoms with Gasteiger partial charge in [-0.15, -0.1) is 0 Å². The summed E-state index contributed by atoms with van der Waals surface area (Å²) >= 11 is 0. The number of hydrogen-bond acceptors (Lipinski definition) is 4. The molecule has 1 aliphatic carbocycles. The van der Waals surface area contributed by atoms with Crippen LogP contribution in [0.2, 0.25) is 51.9 Å². The lowest BCUT2D eigenvalue weighted by molar-refractivity contribution is 0.135. The molecule has 0 aromatic carbocycles. The molecule has 6 nitrogen and oxygen atoms in total. The second-order valence-corrected chi connectivity index (χ2v) is 24.1. The maximum Gasteiger partial charge on any atom is 0.317 e. The zero-order chi connectivity index (χ0) is 22.4. The van der Waals surface area contributed by atoms with Gasteiger partial charge in [-0.1, -0.05) is 19.3 Å². The molecule has 1 heterocycles. The summed E-state index contributed by atoms with van der Waals surface area (Å²) < 4.78 is 13.2. The second kappa shape index (κ2) is 11.1. The molecule has 0 bridgehead atoms. The van der Waals surface area contributed by atoms with Crippen LogP contribution >= 0.6 is 0 Å². The van der Waals surface area contributed by atoms with Crippen molar-refractivity contribution in [3.63, 3.8) is 0 Å². The second-order valence-electron chi connectivity index (χ2n) is 11.3. The van der Waals surface area contributed by atoms with Crippen LogP contribution in [0.1, 0.15) is 38.5 Å². The average Bonchev–Trinajstić information content (AvgIpc) is 2.59. The van der Waals surface area contributed by atoms with Crippen LogP contribution in [0.15, 0.2) is 0 Å². The van der Waals surface area contributed by atoms with Gasteiger partial charge in [0.15, 0.2) is 16.6 Å². The minimum atomic E-state index is -2.14. The molecule has 30 heavy (non-hydrogen) atoms. The fourth-order valence-corrected chi connectivity index (χ4v) is 17.3. The van der Waals surface area contributed by atoms with Gasteiger partial charge in [0.1, 0.15) is 0 Å². The highest BCUT2D eigenvalue weighted by molar-refractivity contribution is 6.87. The molecule has 0 aromatic heterocycles. The van der Waals surface area contributed by atoms with E-state index in [4.69, 9.17) is 8.23 Å². The standard InChI is InChI=1S/C21H47N3O3Si3/c1-28(2,3)26-30(7,27-29(4,5)6)19-11-14-23-15-17-24(18-16-23)21(25)22-20-12-9-8-10-13-20/h20H,8-19H2,1-7H3,(H,22,25). The first kappa shape index (κ1) is 26.1. The van der Waals surface area contributed by atoms with Crippen LogP contribution in [-0.4, -0.2) is 79.8 Å². The Kier molecular flexibility index (Phi) is 9.63. The summed E-state index contributed by atoms with van der Waals surface area (Å²) in [4.78, 5) is 17.1. The molecule has 1 saturated carbocycles. The third kappa shape index (κ3) is 9.95. The van der Waals surface area contributed by atoms with Crippen molar-refractivity contribution in [2.75, 3.05) is 32.7 Å². The average molecular weight is 474 g/mol. The van der Waals surface area contributed by atoms with Gasteiger partial charge in [0, 0.05) is 32.2 Å². The van der Waals surface area contributed by atoms with E-state index in [1.54, 1.807) is 0 Å². The Bertz CT molecular complexity index is 522. The number of hydrogen-bond donors (Lipinski definition) is 1. The minimum absolute atomic E-state index is 0.147. The molecule has 0 unspecified atom stereocenters. The number of rotatable bonds is 9. The lowest BCUT2D eigenvalue weighted by atomic mass is 9.96. The molecule has 0 spiro atoms. The lowest BCUT2D eigenvalue weighted by Crippen LogP contribution is -2.54. The molecule has 1 N–H and O–H groups in total. The molecular formula is C21H47N3O3Si3. The van der Waals surface area contributed by atoms with Gasteiger partial charge in [0.05, 0.1) is 0 Å². The number of amides is 2. The third-order valence-corrected chi connectivity index (χ3v) is 15.4. The fraction of sp³-hybridized carbons (Fsp3) is 0.952. The molecule has 2 fully saturated rings. The summed E-state index contributed by atoms with van der Waals surface area (Å²) in [6.07, 6.45) is 7.24. The number of nitrogens with one attached hydrogen (secondary N) is 1. The Morgan fingerprint density at radius 2 is 1.40 bits per heavy atom. The molecule has 0 aromatic rings. The first-order valence-corrected chi connectivity index (χ1v) is 21.4. The number of urea groups is 1. The van der Waals surface area contributed by atoms with E-state index in [1.807, 2.05) is 4.90 Å². The summed E-state index contributed by atoms with van der Waals surface area (Å²) in [5, 5.41) is 3.26. The SMILES string of the molecule is C[Si](C)(C)O[Si](C)(CCCN1CCN(C(=O)NC2CCCCC2)CC1)O[Si](C)(C)C. The first-order valence-electron chi connectivity index (χ1n) is 12.0. The Morgan fingerprint density at radius 1 is 0.867 bits per heavy atom. The summed E-state index contributed by atoms with van der Waals surface area (Å²) in [7, 11) is -5.40. The van der Waals surface area contributed by atoms with Gasteiger partial charge in [-0.2, -0.15) is 0 Å². The van der Waals surface area contributed by atoms with Crippen molar-refractivity contribution in [1.82, 2.24) is 15.1 Å². The fourth-order valence-electron chi connectivity index (χ4n) is 4.73. The van der Waals surface area contributed by atoms with Crippen molar-refractivity contribution in [1.29, 1.82) is 0 Å². The summed E-state index contributed by atoms with van der Waals surface area (Å²) in [5.41, 5.74) is 0. The Labute approximate surface area is 188 Å². The van der Waals surface area contributed by atoms with Crippen molar-refractivity contribution < 1.29 is 13.0 Å². The number of carbonyl (C=O) groups excluding carboxylic acids is 1. The van der Waals surface area contributed by atoms with Crippen LogP contribution in [0.25, 0.3) is 0 Å². The van der Waals surface area contributed by atoms with E-state index in [2.05, 4.69) is 56.0 Å². The predicted octanol–water partition coefficient (Wildman–Crippen LogP) is 4.81. The van der Waals surface area contributed by atoms with Crippen LogP contribution in [0.4, 0.5) is 4.79 Å². The van der Waals surface area contributed by atoms with Gasteiger partial charge in [0.25, 0.3) is 0 Å². The monoisotopic (exact) mass is 473 g/mol. The maximum absolute atomic E-state index is 12.6. The van der Waals surface area contributed by atoms with Crippen molar-refractivity contribution in [2.24, 2.45) is 0 Å². The lowest BCUT2D eigenvalue weighted by Gasteiger charge is -2.39. The van der Waals surface area contributed by atoms with Crippen LogP contribution < -0.4 is 5.32 Å². The Balaban J connectivity index is 1.73. The van der Waals surface area contributed by atoms with Gasteiger partial charge in [0.2, 0.25) is 0 Å². The molecule has 0 atom stereocenters. The molecule has 2 aliphatic rings. The number of piperazine rings is 1. The molecule has 176 valence electrons. The van der Waals surface area contributed by atoms with E-state index in [1.165, 1.54) is 19.3 Å². The van der Waals surface area contributed by atoms with Crippen molar-refractivity contribution in [3.8, 4) is 0 Å². The van der Waals surface area contributed by atoms with Gasteiger partial charge < -0.3 is 18.4 Å². The molecule has 2 rings (SSSR count). The van der Waals surface area contributed by atoms with Crippen molar-refractivity contribution in [3.05, 3.63) is 0 Å². The van der Waals surface area contributed by atoms with E-state index in [0.717, 1.165) is 58.0 Å². The summed E-state index contributed by atoms with van der Waals surface area (Å²) in [6.45, 7) is 20.6. The molecule has 1 saturated heterocycles. The summed E-state index contributed by atoms with van der Waals surface area (Å²) in [5.74, 6) is 0. The Morgan fingerprint density at radius 3 is 1.90 bits per heavy atom. The first-order chi connectivity index (χ1) is 13.9. The van der Waals surface area contributed by atoms with Gasteiger partial charge in [-0.25, -0.2) is 4.79 Å². The highest BCUT2D eigenvalue weighted by Crippen LogP contribution is 2.25. The third-order valence-electron chi connectivity index (χ3n) is 5.74. The molecule has 9 heteroatoms. The zero-order valence-corrected chi connectivity index (χ0v) is 23.7. The quantitative estimate of drug-likeness (QED) is 0.488. The number of carbonyl (C=O) groups is 1. The molecule has 1 aliphatic heterocycles. The van der Waals surface area contributed by atoms with Crippen LogP contribution in [0.5, 0.6) is 0 Å². The number of nitrogens with zero attached hydrogens (tertiary/aromatic N) is 2. The highest BCUT2D eigenvalue weighted by atomic mass is 28.5. The zero-order valence-electron chi connectivity index (χ0n) is 20.7. The van der Waals surface area contributed by atoms with E-state index in [9.17, 15) is 4.79 Å². The van der Waals surface area contributed by atoms with Gasteiger partial charge >= 0.3 is 14.6 Å². The van der Waals surface area contributed by atoms with E-state index >= 15 is 0 Å². The van der Waals surface area contributed by atoms with Crippen LogP contribution in [0, 0.1) is 0 Å². The van der Waals surface area contributed by atoms with E-state index < -0.39 is 25.2 Å². The molecule has 0 radical (unpaired) electrons.